The molecular weight excluding hydrogens is 388 g/mol. The summed E-state index contributed by atoms with van der Waals surface area (Å²) in [5.41, 5.74) is 2.80. The molecule has 0 atom stereocenters. The maximum atomic E-state index is 12.6. The second kappa shape index (κ2) is 10.4. The molecule has 0 aliphatic carbocycles. The van der Waals surface area contributed by atoms with E-state index in [2.05, 4.69) is 5.32 Å². The molecule has 0 unspecified atom stereocenters. The first-order valence-electron chi connectivity index (χ1n) is 10.1. The standard InChI is InChI=1S/C23H27ClN2O3/c1-2-29-16-20-6-4-3-5-19(20)15-25-22(27)17-11-13-26(14-12-17)23(28)18-7-9-21(24)10-8-18/h3-10,17H,2,11-16H2,1H3,(H,25,27). The van der Waals surface area contributed by atoms with Gasteiger partial charge in [0.2, 0.25) is 5.91 Å². The van der Waals surface area contributed by atoms with Crippen LogP contribution in [0.4, 0.5) is 0 Å². The van der Waals surface area contributed by atoms with Crippen molar-refractivity contribution in [3.05, 3.63) is 70.2 Å². The summed E-state index contributed by atoms with van der Waals surface area (Å²) >= 11 is 5.89. The summed E-state index contributed by atoms with van der Waals surface area (Å²) < 4.78 is 5.50. The molecule has 1 fully saturated rings. The predicted octanol–water partition coefficient (Wildman–Crippen LogP) is 4.05. The SMILES string of the molecule is CCOCc1ccccc1CNC(=O)C1CCN(C(=O)c2ccc(Cl)cc2)CC1. The Morgan fingerprint density at radius 1 is 1.07 bits per heavy atom. The maximum absolute atomic E-state index is 12.6. The van der Waals surface area contributed by atoms with Crippen molar-refractivity contribution in [1.29, 1.82) is 0 Å². The van der Waals surface area contributed by atoms with Crippen LogP contribution in [0.1, 0.15) is 41.3 Å². The molecular formula is C23H27ClN2O3. The summed E-state index contributed by atoms with van der Waals surface area (Å²) in [5, 5.41) is 3.67. The molecule has 1 aliphatic rings. The van der Waals surface area contributed by atoms with Gasteiger partial charge in [-0.15, -0.1) is 0 Å². The molecule has 3 rings (SSSR count). The summed E-state index contributed by atoms with van der Waals surface area (Å²) in [6.07, 6.45) is 1.34. The number of halogens is 1. The summed E-state index contributed by atoms with van der Waals surface area (Å²) in [7, 11) is 0. The zero-order valence-electron chi connectivity index (χ0n) is 16.7. The van der Waals surface area contributed by atoms with E-state index < -0.39 is 0 Å². The monoisotopic (exact) mass is 414 g/mol. The number of hydrogen-bond donors (Lipinski definition) is 1. The quantitative estimate of drug-likeness (QED) is 0.743. The van der Waals surface area contributed by atoms with Gasteiger partial charge in [0.1, 0.15) is 0 Å². The second-order valence-corrected chi connectivity index (χ2v) is 7.63. The first-order chi connectivity index (χ1) is 14.1. The van der Waals surface area contributed by atoms with E-state index in [0.29, 0.717) is 56.3 Å². The number of amides is 2. The van der Waals surface area contributed by atoms with E-state index in [1.807, 2.05) is 36.1 Å². The highest BCUT2D eigenvalue weighted by Gasteiger charge is 2.27. The van der Waals surface area contributed by atoms with Crippen molar-refractivity contribution < 1.29 is 14.3 Å². The second-order valence-electron chi connectivity index (χ2n) is 7.20. The van der Waals surface area contributed by atoms with Crippen molar-refractivity contribution >= 4 is 23.4 Å². The van der Waals surface area contributed by atoms with Crippen molar-refractivity contribution in [1.82, 2.24) is 10.2 Å². The third-order valence-electron chi connectivity index (χ3n) is 5.28. The van der Waals surface area contributed by atoms with Gasteiger partial charge >= 0.3 is 0 Å². The topological polar surface area (TPSA) is 58.6 Å². The minimum atomic E-state index is -0.0664. The molecule has 0 bridgehead atoms. The molecule has 0 spiro atoms. The van der Waals surface area contributed by atoms with E-state index in [-0.39, 0.29) is 17.7 Å². The molecule has 2 aromatic rings. The van der Waals surface area contributed by atoms with Crippen LogP contribution in [0.2, 0.25) is 5.02 Å². The van der Waals surface area contributed by atoms with E-state index in [9.17, 15) is 9.59 Å². The van der Waals surface area contributed by atoms with Crippen LogP contribution >= 0.6 is 11.6 Å². The lowest BCUT2D eigenvalue weighted by atomic mass is 9.95. The molecule has 2 aromatic carbocycles. The summed E-state index contributed by atoms with van der Waals surface area (Å²) in [6.45, 7) is 4.84. The molecule has 1 saturated heterocycles. The summed E-state index contributed by atoms with van der Waals surface area (Å²) in [6, 6.07) is 14.9. The van der Waals surface area contributed by atoms with Crippen LogP contribution in [0.25, 0.3) is 0 Å². The smallest absolute Gasteiger partial charge is 0.253 e. The highest BCUT2D eigenvalue weighted by molar-refractivity contribution is 6.30. The Balaban J connectivity index is 1.49. The Bertz CT molecular complexity index is 830. The van der Waals surface area contributed by atoms with Crippen LogP contribution in [-0.4, -0.2) is 36.4 Å². The Kier molecular flexibility index (Phi) is 7.67. The highest BCUT2D eigenvalue weighted by Crippen LogP contribution is 2.20. The van der Waals surface area contributed by atoms with Crippen molar-refractivity contribution in [2.24, 2.45) is 5.92 Å². The fraction of sp³-hybridized carbons (Fsp3) is 0.391. The number of nitrogens with zero attached hydrogens (tertiary/aromatic N) is 1. The summed E-state index contributed by atoms with van der Waals surface area (Å²) in [4.78, 5) is 27.0. The third-order valence-corrected chi connectivity index (χ3v) is 5.53. The molecule has 1 N–H and O–H groups in total. The molecule has 0 aromatic heterocycles. The normalized spacial score (nSPS) is 14.6. The molecule has 0 saturated carbocycles. The van der Waals surface area contributed by atoms with Gasteiger partial charge < -0.3 is 15.0 Å². The van der Waals surface area contributed by atoms with Gasteiger partial charge in [0, 0.05) is 42.7 Å². The number of carbonyl (C=O) groups is 2. The number of rotatable bonds is 7. The molecule has 1 heterocycles. The number of carbonyl (C=O) groups excluding carboxylic acids is 2. The molecule has 154 valence electrons. The first-order valence-corrected chi connectivity index (χ1v) is 10.4. The zero-order chi connectivity index (χ0) is 20.6. The maximum Gasteiger partial charge on any atom is 0.253 e. The largest absolute Gasteiger partial charge is 0.377 e. The summed E-state index contributed by atoms with van der Waals surface area (Å²) in [5.74, 6) is -0.0245. The molecule has 29 heavy (non-hydrogen) atoms. The van der Waals surface area contributed by atoms with Crippen LogP contribution < -0.4 is 5.32 Å². The lowest BCUT2D eigenvalue weighted by molar-refractivity contribution is -0.126. The van der Waals surface area contributed by atoms with Crippen LogP contribution in [0.5, 0.6) is 0 Å². The van der Waals surface area contributed by atoms with Crippen molar-refractivity contribution in [3.63, 3.8) is 0 Å². The third kappa shape index (κ3) is 5.81. The lowest BCUT2D eigenvalue weighted by Gasteiger charge is -2.31. The molecule has 6 heteroatoms. The average molecular weight is 415 g/mol. The fourth-order valence-electron chi connectivity index (χ4n) is 3.53. The van der Waals surface area contributed by atoms with Gasteiger partial charge in [-0.2, -0.15) is 0 Å². The minimum Gasteiger partial charge on any atom is -0.377 e. The average Bonchev–Trinajstić information content (AvgIpc) is 2.76. The van der Waals surface area contributed by atoms with Gasteiger partial charge in [-0.05, 0) is 55.2 Å². The number of benzene rings is 2. The Hall–Kier alpha value is -2.37. The number of nitrogens with one attached hydrogen (secondary N) is 1. The van der Waals surface area contributed by atoms with Crippen molar-refractivity contribution in [2.75, 3.05) is 19.7 Å². The van der Waals surface area contributed by atoms with Gasteiger partial charge in [-0.1, -0.05) is 35.9 Å². The van der Waals surface area contributed by atoms with Crippen molar-refractivity contribution in [3.8, 4) is 0 Å². The molecule has 5 nitrogen and oxygen atoms in total. The van der Waals surface area contributed by atoms with E-state index in [1.54, 1.807) is 24.3 Å². The first kappa shape index (κ1) is 21.3. The van der Waals surface area contributed by atoms with E-state index in [4.69, 9.17) is 16.3 Å². The molecule has 2 amide bonds. The van der Waals surface area contributed by atoms with Gasteiger partial charge in [0.15, 0.2) is 0 Å². The van der Waals surface area contributed by atoms with Crippen LogP contribution in [0.3, 0.4) is 0 Å². The van der Waals surface area contributed by atoms with E-state index >= 15 is 0 Å². The number of hydrogen-bond acceptors (Lipinski definition) is 3. The fourth-order valence-corrected chi connectivity index (χ4v) is 3.66. The Morgan fingerprint density at radius 2 is 1.72 bits per heavy atom. The van der Waals surface area contributed by atoms with Gasteiger partial charge in [0.05, 0.1) is 6.61 Å². The van der Waals surface area contributed by atoms with Gasteiger partial charge in [0.25, 0.3) is 5.91 Å². The van der Waals surface area contributed by atoms with Crippen LogP contribution in [-0.2, 0) is 22.7 Å². The minimum absolute atomic E-state index is 0.00891. The zero-order valence-corrected chi connectivity index (χ0v) is 17.5. The van der Waals surface area contributed by atoms with Gasteiger partial charge in [-0.3, -0.25) is 9.59 Å². The van der Waals surface area contributed by atoms with Crippen molar-refractivity contribution in [2.45, 2.75) is 32.9 Å². The van der Waals surface area contributed by atoms with Crippen LogP contribution in [0, 0.1) is 5.92 Å². The molecule has 0 radical (unpaired) electrons. The van der Waals surface area contributed by atoms with E-state index in [0.717, 1.165) is 11.1 Å². The number of piperidine rings is 1. The predicted molar refractivity (Wildman–Crippen MR) is 114 cm³/mol. The van der Waals surface area contributed by atoms with Crippen LogP contribution in [0.15, 0.2) is 48.5 Å². The number of likely N-dealkylation sites (tertiary alicyclic amines) is 1. The lowest BCUT2D eigenvalue weighted by Crippen LogP contribution is -2.43. The highest BCUT2D eigenvalue weighted by atomic mass is 35.5. The number of ether oxygens (including phenoxy) is 1. The van der Waals surface area contributed by atoms with Gasteiger partial charge in [-0.25, -0.2) is 0 Å². The Labute approximate surface area is 177 Å². The van der Waals surface area contributed by atoms with E-state index in [1.165, 1.54) is 0 Å². The Morgan fingerprint density at radius 3 is 2.38 bits per heavy atom. The molecule has 1 aliphatic heterocycles.